The molecule has 1 aromatic carbocycles. The summed E-state index contributed by atoms with van der Waals surface area (Å²) in [7, 11) is 0. The molecule has 0 fully saturated rings. The van der Waals surface area contributed by atoms with Gasteiger partial charge in [-0.3, -0.25) is 0 Å². The summed E-state index contributed by atoms with van der Waals surface area (Å²) in [6, 6.07) is 8.51. The predicted molar refractivity (Wildman–Crippen MR) is 87.2 cm³/mol. The number of nitrogens with zero attached hydrogens (tertiary/aromatic N) is 2. The molecule has 20 heavy (non-hydrogen) atoms. The van der Waals surface area contributed by atoms with Crippen LogP contribution in [0.2, 0.25) is 0 Å². The lowest BCUT2D eigenvalue weighted by atomic mass is 10.1. The number of aryl methyl sites for hydroxylation is 2. The monoisotopic (exact) mass is 333 g/mol. The number of anilines is 1. The maximum atomic E-state index is 4.62. The van der Waals surface area contributed by atoms with Gasteiger partial charge in [-0.25, -0.2) is 9.97 Å². The van der Waals surface area contributed by atoms with Crippen LogP contribution >= 0.6 is 15.9 Å². The van der Waals surface area contributed by atoms with Crippen LogP contribution in [0.5, 0.6) is 0 Å². The van der Waals surface area contributed by atoms with Gasteiger partial charge < -0.3 is 5.32 Å². The van der Waals surface area contributed by atoms with Gasteiger partial charge in [-0.15, -0.1) is 0 Å². The Hall–Kier alpha value is -1.42. The summed E-state index contributed by atoms with van der Waals surface area (Å²) in [5.74, 6) is 1.75. The number of aromatic nitrogens is 2. The summed E-state index contributed by atoms with van der Waals surface area (Å²) >= 11 is 3.55. The summed E-state index contributed by atoms with van der Waals surface area (Å²) in [6.45, 7) is 7.15. The van der Waals surface area contributed by atoms with Crippen LogP contribution in [-0.2, 0) is 6.42 Å². The second-order valence-electron chi connectivity index (χ2n) is 4.98. The number of benzene rings is 1. The minimum atomic E-state index is 0.759. The van der Waals surface area contributed by atoms with Crippen molar-refractivity contribution in [3.63, 3.8) is 0 Å². The van der Waals surface area contributed by atoms with E-state index in [9.17, 15) is 0 Å². The molecule has 0 amide bonds. The third-order valence-corrected chi connectivity index (χ3v) is 4.04. The molecular weight excluding hydrogens is 314 g/mol. The lowest BCUT2D eigenvalue weighted by molar-refractivity contribution is 0.910. The fourth-order valence-electron chi connectivity index (χ4n) is 1.95. The first-order valence-corrected chi connectivity index (χ1v) is 7.72. The Bertz CT molecular complexity index is 579. The van der Waals surface area contributed by atoms with Crippen LogP contribution in [-0.4, -0.2) is 16.5 Å². The van der Waals surface area contributed by atoms with E-state index >= 15 is 0 Å². The van der Waals surface area contributed by atoms with Crippen LogP contribution in [0.15, 0.2) is 28.7 Å². The van der Waals surface area contributed by atoms with Crippen LogP contribution in [0.25, 0.3) is 0 Å². The molecule has 0 spiro atoms. The zero-order chi connectivity index (χ0) is 14.5. The van der Waals surface area contributed by atoms with Crippen molar-refractivity contribution in [2.24, 2.45) is 0 Å². The normalized spacial score (nSPS) is 10.6. The molecule has 1 aromatic heterocycles. The fraction of sp³-hybridized carbons (Fsp3) is 0.375. The molecule has 1 N–H and O–H groups in total. The highest BCUT2D eigenvalue weighted by Crippen LogP contribution is 2.23. The van der Waals surface area contributed by atoms with Gasteiger partial charge in [0.1, 0.15) is 11.6 Å². The SMILES string of the molecule is CCCNc1nc(Cc2ccc(C)cc2)nc(C)c1Br. The second kappa shape index (κ2) is 6.84. The van der Waals surface area contributed by atoms with Crippen LogP contribution in [0.4, 0.5) is 5.82 Å². The zero-order valence-corrected chi connectivity index (χ0v) is 13.8. The molecule has 0 saturated heterocycles. The summed E-state index contributed by atoms with van der Waals surface area (Å²) in [5.41, 5.74) is 3.48. The molecule has 0 saturated carbocycles. The van der Waals surface area contributed by atoms with E-state index in [1.54, 1.807) is 0 Å². The molecule has 3 nitrogen and oxygen atoms in total. The van der Waals surface area contributed by atoms with Crippen molar-refractivity contribution in [3.8, 4) is 0 Å². The van der Waals surface area contributed by atoms with Crippen molar-refractivity contribution in [2.45, 2.75) is 33.6 Å². The molecular formula is C16H20BrN3. The van der Waals surface area contributed by atoms with Crippen LogP contribution in [0.3, 0.4) is 0 Å². The van der Waals surface area contributed by atoms with Gasteiger partial charge in [0.2, 0.25) is 0 Å². The number of nitrogens with one attached hydrogen (secondary N) is 1. The molecule has 106 valence electrons. The summed E-state index contributed by atoms with van der Waals surface area (Å²) in [5, 5.41) is 3.34. The van der Waals surface area contributed by atoms with Crippen molar-refractivity contribution in [2.75, 3.05) is 11.9 Å². The van der Waals surface area contributed by atoms with Gasteiger partial charge in [0, 0.05) is 13.0 Å². The van der Waals surface area contributed by atoms with Gasteiger partial charge in [-0.05, 0) is 41.8 Å². The quantitative estimate of drug-likeness (QED) is 0.887. The van der Waals surface area contributed by atoms with E-state index in [2.05, 4.69) is 69.3 Å². The van der Waals surface area contributed by atoms with Crippen LogP contribution in [0.1, 0.15) is 36.0 Å². The highest BCUT2D eigenvalue weighted by molar-refractivity contribution is 9.10. The lowest BCUT2D eigenvalue weighted by Crippen LogP contribution is -2.08. The van der Waals surface area contributed by atoms with Crippen molar-refractivity contribution in [1.29, 1.82) is 0 Å². The van der Waals surface area contributed by atoms with Gasteiger partial charge in [-0.1, -0.05) is 36.8 Å². The maximum Gasteiger partial charge on any atom is 0.144 e. The fourth-order valence-corrected chi connectivity index (χ4v) is 2.26. The van der Waals surface area contributed by atoms with Crippen molar-refractivity contribution in [3.05, 3.63) is 51.4 Å². The van der Waals surface area contributed by atoms with Crippen molar-refractivity contribution >= 4 is 21.7 Å². The van der Waals surface area contributed by atoms with Gasteiger partial charge >= 0.3 is 0 Å². The Morgan fingerprint density at radius 3 is 2.45 bits per heavy atom. The molecule has 1 heterocycles. The topological polar surface area (TPSA) is 37.8 Å². The Kier molecular flexibility index (Phi) is 5.12. The van der Waals surface area contributed by atoms with E-state index in [4.69, 9.17) is 0 Å². The molecule has 2 aromatic rings. The molecule has 0 atom stereocenters. The minimum Gasteiger partial charge on any atom is -0.369 e. The maximum absolute atomic E-state index is 4.62. The number of halogens is 1. The standard InChI is InChI=1S/C16H20BrN3/c1-4-9-18-16-15(17)12(3)19-14(20-16)10-13-7-5-11(2)6-8-13/h5-8H,4,9-10H2,1-3H3,(H,18,19,20). The highest BCUT2D eigenvalue weighted by atomic mass is 79.9. The summed E-state index contributed by atoms with van der Waals surface area (Å²) in [4.78, 5) is 9.18. The minimum absolute atomic E-state index is 0.759. The number of hydrogen-bond donors (Lipinski definition) is 1. The Morgan fingerprint density at radius 1 is 1.10 bits per heavy atom. The molecule has 0 unspecified atom stereocenters. The van der Waals surface area contributed by atoms with E-state index in [1.807, 2.05) is 6.92 Å². The smallest absolute Gasteiger partial charge is 0.144 e. The van der Waals surface area contributed by atoms with Gasteiger partial charge in [0.05, 0.1) is 10.2 Å². The third-order valence-electron chi connectivity index (χ3n) is 3.09. The number of hydrogen-bond acceptors (Lipinski definition) is 3. The van der Waals surface area contributed by atoms with Gasteiger partial charge in [0.25, 0.3) is 0 Å². The molecule has 0 aliphatic carbocycles. The molecule has 2 rings (SSSR count). The first-order valence-electron chi connectivity index (χ1n) is 6.92. The van der Waals surface area contributed by atoms with E-state index in [1.165, 1.54) is 11.1 Å². The molecule has 4 heteroatoms. The Labute approximate surface area is 129 Å². The predicted octanol–water partition coefficient (Wildman–Crippen LogP) is 4.27. The van der Waals surface area contributed by atoms with Crippen LogP contribution in [0, 0.1) is 13.8 Å². The summed E-state index contributed by atoms with van der Waals surface area (Å²) < 4.78 is 0.957. The largest absolute Gasteiger partial charge is 0.369 e. The van der Waals surface area contributed by atoms with Crippen molar-refractivity contribution < 1.29 is 0 Å². The van der Waals surface area contributed by atoms with E-state index < -0.39 is 0 Å². The molecule has 0 aliphatic rings. The highest BCUT2D eigenvalue weighted by Gasteiger charge is 2.09. The van der Waals surface area contributed by atoms with Crippen LogP contribution < -0.4 is 5.32 Å². The average Bonchev–Trinajstić information content (AvgIpc) is 2.43. The van der Waals surface area contributed by atoms with E-state index in [-0.39, 0.29) is 0 Å². The first kappa shape index (κ1) is 15.0. The van der Waals surface area contributed by atoms with Gasteiger partial charge in [-0.2, -0.15) is 0 Å². The zero-order valence-electron chi connectivity index (χ0n) is 12.2. The Morgan fingerprint density at radius 2 is 1.80 bits per heavy atom. The molecule has 0 bridgehead atoms. The second-order valence-corrected chi connectivity index (χ2v) is 5.77. The summed E-state index contributed by atoms with van der Waals surface area (Å²) in [6.07, 6.45) is 1.83. The van der Waals surface area contributed by atoms with E-state index in [0.29, 0.717) is 0 Å². The van der Waals surface area contributed by atoms with Crippen molar-refractivity contribution in [1.82, 2.24) is 9.97 Å². The first-order chi connectivity index (χ1) is 9.60. The third kappa shape index (κ3) is 3.79. The molecule has 0 radical (unpaired) electrons. The van der Waals surface area contributed by atoms with Gasteiger partial charge in [0.15, 0.2) is 0 Å². The number of rotatable bonds is 5. The average molecular weight is 334 g/mol. The van der Waals surface area contributed by atoms with E-state index in [0.717, 1.165) is 41.2 Å². The lowest BCUT2D eigenvalue weighted by Gasteiger charge is -2.11. The Balaban J connectivity index is 2.23. The molecule has 0 aliphatic heterocycles.